The van der Waals surface area contributed by atoms with E-state index in [1.807, 2.05) is 32.0 Å². The number of rotatable bonds is 5. The van der Waals surface area contributed by atoms with Crippen LogP contribution in [0.2, 0.25) is 0 Å². The number of benzene rings is 1. The number of carbonyl (C=O) groups excluding carboxylic acids is 2. The van der Waals surface area contributed by atoms with E-state index in [4.69, 9.17) is 4.74 Å². The van der Waals surface area contributed by atoms with Gasteiger partial charge in [-0.3, -0.25) is 9.59 Å². The summed E-state index contributed by atoms with van der Waals surface area (Å²) in [5.41, 5.74) is 3.44. The fourth-order valence-corrected chi connectivity index (χ4v) is 2.78. The fourth-order valence-electron chi connectivity index (χ4n) is 2.78. The lowest BCUT2D eigenvalue weighted by atomic mass is 9.97. The standard InChI is InChI=1S/C19H21N3O3/c1-3-25-18-9-6-15(11-20-18)19(24)21-12(2)13-4-7-16-14(10-13)5-8-17(23)22-16/h4,6-7,9-12H,3,5,8H2,1-2H3,(H,21,24)(H,22,23). The Bertz CT molecular complexity index is 787. The SMILES string of the molecule is CCOc1ccc(C(=O)NC(C)c2ccc3c(c2)CCC(=O)N3)cn1. The van der Waals surface area contributed by atoms with E-state index < -0.39 is 0 Å². The maximum absolute atomic E-state index is 12.4. The zero-order valence-corrected chi connectivity index (χ0v) is 14.3. The van der Waals surface area contributed by atoms with Crippen LogP contribution in [0.5, 0.6) is 5.88 Å². The van der Waals surface area contributed by atoms with Crippen LogP contribution in [-0.2, 0) is 11.2 Å². The second kappa shape index (κ2) is 7.34. The summed E-state index contributed by atoms with van der Waals surface area (Å²) < 4.78 is 5.28. The van der Waals surface area contributed by atoms with Gasteiger partial charge in [0.05, 0.1) is 18.2 Å². The molecule has 2 heterocycles. The van der Waals surface area contributed by atoms with Gasteiger partial charge in [0.1, 0.15) is 0 Å². The number of amides is 2. The molecule has 1 aromatic carbocycles. The van der Waals surface area contributed by atoms with E-state index in [-0.39, 0.29) is 17.9 Å². The molecule has 0 aliphatic carbocycles. The molecule has 6 heteroatoms. The largest absolute Gasteiger partial charge is 0.478 e. The molecular weight excluding hydrogens is 318 g/mol. The number of ether oxygens (including phenoxy) is 1. The molecule has 1 unspecified atom stereocenters. The van der Waals surface area contributed by atoms with Gasteiger partial charge in [-0.05, 0) is 43.5 Å². The molecule has 0 fully saturated rings. The molecule has 6 nitrogen and oxygen atoms in total. The molecule has 2 N–H and O–H groups in total. The van der Waals surface area contributed by atoms with E-state index in [1.54, 1.807) is 12.1 Å². The summed E-state index contributed by atoms with van der Waals surface area (Å²) in [7, 11) is 0. The van der Waals surface area contributed by atoms with E-state index in [2.05, 4.69) is 15.6 Å². The van der Waals surface area contributed by atoms with Crippen molar-refractivity contribution in [2.24, 2.45) is 0 Å². The van der Waals surface area contributed by atoms with Crippen molar-refractivity contribution in [1.29, 1.82) is 0 Å². The van der Waals surface area contributed by atoms with Gasteiger partial charge in [0.25, 0.3) is 5.91 Å². The number of nitrogens with zero attached hydrogens (tertiary/aromatic N) is 1. The average Bonchev–Trinajstić information content (AvgIpc) is 2.62. The third kappa shape index (κ3) is 3.96. The second-order valence-corrected chi connectivity index (χ2v) is 5.98. The molecule has 1 aliphatic rings. The van der Waals surface area contributed by atoms with Crippen molar-refractivity contribution in [3.05, 3.63) is 53.2 Å². The maximum Gasteiger partial charge on any atom is 0.253 e. The van der Waals surface area contributed by atoms with Crippen LogP contribution in [0.1, 0.15) is 47.8 Å². The number of pyridine rings is 1. The van der Waals surface area contributed by atoms with Crippen LogP contribution in [0.15, 0.2) is 36.5 Å². The minimum absolute atomic E-state index is 0.0459. The first-order chi connectivity index (χ1) is 12.1. The molecule has 3 rings (SSSR count). The number of carbonyl (C=O) groups is 2. The van der Waals surface area contributed by atoms with Gasteiger partial charge in [-0.25, -0.2) is 4.98 Å². The van der Waals surface area contributed by atoms with Gasteiger partial charge >= 0.3 is 0 Å². The zero-order valence-electron chi connectivity index (χ0n) is 14.3. The van der Waals surface area contributed by atoms with Crippen molar-refractivity contribution in [3.63, 3.8) is 0 Å². The van der Waals surface area contributed by atoms with Gasteiger partial charge in [-0.1, -0.05) is 12.1 Å². The number of aromatic nitrogens is 1. The molecule has 2 aromatic rings. The van der Waals surface area contributed by atoms with E-state index in [9.17, 15) is 9.59 Å². The quantitative estimate of drug-likeness (QED) is 0.878. The monoisotopic (exact) mass is 339 g/mol. The van der Waals surface area contributed by atoms with Crippen LogP contribution in [0.25, 0.3) is 0 Å². The summed E-state index contributed by atoms with van der Waals surface area (Å²) >= 11 is 0. The first-order valence-corrected chi connectivity index (χ1v) is 8.39. The number of nitrogens with one attached hydrogen (secondary N) is 2. The van der Waals surface area contributed by atoms with Crippen molar-refractivity contribution in [1.82, 2.24) is 10.3 Å². The van der Waals surface area contributed by atoms with E-state index >= 15 is 0 Å². The van der Waals surface area contributed by atoms with Crippen molar-refractivity contribution in [2.75, 3.05) is 11.9 Å². The Morgan fingerprint density at radius 3 is 2.88 bits per heavy atom. The van der Waals surface area contributed by atoms with Gasteiger partial charge in [0.15, 0.2) is 0 Å². The minimum Gasteiger partial charge on any atom is -0.478 e. The predicted molar refractivity (Wildman–Crippen MR) is 94.7 cm³/mol. The summed E-state index contributed by atoms with van der Waals surface area (Å²) in [6, 6.07) is 9.08. The molecule has 1 aliphatic heterocycles. The number of hydrogen-bond donors (Lipinski definition) is 2. The summed E-state index contributed by atoms with van der Waals surface area (Å²) in [5, 5.41) is 5.83. The highest BCUT2D eigenvalue weighted by Gasteiger charge is 2.17. The molecular formula is C19H21N3O3. The Labute approximate surface area is 146 Å². The molecule has 25 heavy (non-hydrogen) atoms. The molecule has 0 spiro atoms. The fraction of sp³-hybridized carbons (Fsp3) is 0.316. The van der Waals surface area contributed by atoms with Crippen LogP contribution in [-0.4, -0.2) is 23.4 Å². The van der Waals surface area contributed by atoms with Gasteiger partial charge in [0, 0.05) is 24.4 Å². The Morgan fingerprint density at radius 1 is 1.32 bits per heavy atom. The number of anilines is 1. The normalized spacial score (nSPS) is 14.2. The summed E-state index contributed by atoms with van der Waals surface area (Å²) in [6.07, 6.45) is 2.73. The van der Waals surface area contributed by atoms with Gasteiger partial charge < -0.3 is 15.4 Å². The van der Waals surface area contributed by atoms with Crippen LogP contribution in [0, 0.1) is 0 Å². The summed E-state index contributed by atoms with van der Waals surface area (Å²) in [5.74, 6) is 0.363. The van der Waals surface area contributed by atoms with Crippen LogP contribution >= 0.6 is 0 Å². The highest BCUT2D eigenvalue weighted by atomic mass is 16.5. The molecule has 0 radical (unpaired) electrons. The molecule has 0 bridgehead atoms. The summed E-state index contributed by atoms with van der Waals surface area (Å²) in [4.78, 5) is 27.9. The Morgan fingerprint density at radius 2 is 2.16 bits per heavy atom. The number of hydrogen-bond acceptors (Lipinski definition) is 4. The topological polar surface area (TPSA) is 80.3 Å². The van der Waals surface area contributed by atoms with Crippen LogP contribution in [0.3, 0.4) is 0 Å². The molecule has 0 saturated carbocycles. The first kappa shape index (κ1) is 17.0. The van der Waals surface area contributed by atoms with Crippen molar-refractivity contribution < 1.29 is 14.3 Å². The highest BCUT2D eigenvalue weighted by molar-refractivity contribution is 5.95. The predicted octanol–water partition coefficient (Wildman–Crippen LogP) is 2.86. The van der Waals surface area contributed by atoms with E-state index in [0.29, 0.717) is 24.5 Å². The van der Waals surface area contributed by atoms with Gasteiger partial charge in [0.2, 0.25) is 11.8 Å². The lowest BCUT2D eigenvalue weighted by Crippen LogP contribution is -2.27. The van der Waals surface area contributed by atoms with Crippen molar-refractivity contribution >= 4 is 17.5 Å². The Kier molecular flexibility index (Phi) is 4.97. The average molecular weight is 339 g/mol. The van der Waals surface area contributed by atoms with E-state index in [1.165, 1.54) is 6.20 Å². The van der Waals surface area contributed by atoms with Crippen molar-refractivity contribution in [2.45, 2.75) is 32.7 Å². The molecule has 1 aromatic heterocycles. The second-order valence-electron chi connectivity index (χ2n) is 5.98. The lowest BCUT2D eigenvalue weighted by molar-refractivity contribution is -0.116. The minimum atomic E-state index is -0.186. The zero-order chi connectivity index (χ0) is 17.8. The van der Waals surface area contributed by atoms with Crippen LogP contribution < -0.4 is 15.4 Å². The van der Waals surface area contributed by atoms with E-state index in [0.717, 1.165) is 23.2 Å². The third-order valence-electron chi connectivity index (χ3n) is 4.16. The highest BCUT2D eigenvalue weighted by Crippen LogP contribution is 2.26. The van der Waals surface area contributed by atoms with Crippen LogP contribution in [0.4, 0.5) is 5.69 Å². The third-order valence-corrected chi connectivity index (χ3v) is 4.16. The molecule has 2 amide bonds. The summed E-state index contributed by atoms with van der Waals surface area (Å²) in [6.45, 7) is 4.35. The maximum atomic E-state index is 12.4. The Balaban J connectivity index is 1.68. The van der Waals surface area contributed by atoms with Gasteiger partial charge in [-0.15, -0.1) is 0 Å². The lowest BCUT2D eigenvalue weighted by Gasteiger charge is -2.20. The first-order valence-electron chi connectivity index (χ1n) is 8.39. The molecule has 130 valence electrons. The number of fused-ring (bicyclic) bond motifs is 1. The molecule has 1 atom stereocenters. The Hall–Kier alpha value is -2.89. The van der Waals surface area contributed by atoms with Crippen molar-refractivity contribution in [3.8, 4) is 5.88 Å². The molecule has 0 saturated heterocycles. The van der Waals surface area contributed by atoms with Gasteiger partial charge in [-0.2, -0.15) is 0 Å². The number of aryl methyl sites for hydroxylation is 1. The smallest absolute Gasteiger partial charge is 0.253 e.